The number of methoxy groups -OCH3 is 1. The summed E-state index contributed by atoms with van der Waals surface area (Å²) in [6, 6.07) is 0. The number of carbonyl (C=O) groups is 1. The summed E-state index contributed by atoms with van der Waals surface area (Å²) < 4.78 is 4.14. The van der Waals surface area contributed by atoms with Gasteiger partial charge in [-0.15, -0.1) is 11.6 Å². The molecule has 0 aliphatic rings. The van der Waals surface area contributed by atoms with E-state index in [1.54, 1.807) is 0 Å². The van der Waals surface area contributed by atoms with Crippen molar-refractivity contribution in [1.82, 2.24) is 0 Å². The van der Waals surface area contributed by atoms with Crippen molar-refractivity contribution in [3.8, 4) is 0 Å². The number of hydrogen-bond acceptors (Lipinski definition) is 2. The molecule has 3 heteroatoms. The van der Waals surface area contributed by atoms with Crippen LogP contribution in [0.3, 0.4) is 0 Å². The van der Waals surface area contributed by atoms with Crippen LogP contribution in [0.15, 0.2) is 12.7 Å². The Hall–Kier alpha value is -0.500. The van der Waals surface area contributed by atoms with Crippen molar-refractivity contribution in [2.75, 3.05) is 13.5 Å². The van der Waals surface area contributed by atoms with Crippen LogP contribution in [0.1, 0.15) is 0 Å². The Morgan fingerprint density at radius 3 is 2.12 bits per heavy atom. The maximum Gasteiger partial charge on any atom is 0.329 e. The molecule has 0 spiro atoms. The Balaban J connectivity index is 0. The van der Waals surface area contributed by atoms with Gasteiger partial charge in [0.1, 0.15) is 0 Å². The standard InChI is InChI=1S/C4H6O2.CH3Cl/c1-3-4(5)6-2;1-2/h3H,1H2,2H3;1H3. The molecule has 0 N–H and O–H groups in total. The summed E-state index contributed by atoms with van der Waals surface area (Å²) in [5.41, 5.74) is 0. The molecule has 0 saturated carbocycles. The number of halogens is 1. The van der Waals surface area contributed by atoms with E-state index in [1.807, 2.05) is 0 Å². The average Bonchev–Trinajstić information content (AvgIpc) is 1.91. The van der Waals surface area contributed by atoms with Crippen LogP contribution in [0.5, 0.6) is 0 Å². The van der Waals surface area contributed by atoms with Crippen LogP contribution in [-0.2, 0) is 9.53 Å². The van der Waals surface area contributed by atoms with E-state index < -0.39 is 5.97 Å². The molecule has 0 unspecified atom stereocenters. The second-order valence-corrected chi connectivity index (χ2v) is 0.727. The van der Waals surface area contributed by atoms with Gasteiger partial charge in [-0.2, -0.15) is 0 Å². The molecule has 0 atom stereocenters. The second-order valence-electron chi connectivity index (χ2n) is 0.727. The maximum atomic E-state index is 9.84. The quantitative estimate of drug-likeness (QED) is 0.308. The van der Waals surface area contributed by atoms with Crippen molar-refractivity contribution in [3.05, 3.63) is 12.7 Å². The number of rotatable bonds is 1. The van der Waals surface area contributed by atoms with Gasteiger partial charge in [0.25, 0.3) is 0 Å². The first-order chi connectivity index (χ1) is 3.81. The lowest BCUT2D eigenvalue weighted by molar-refractivity contribution is -0.134. The Morgan fingerprint density at radius 2 is 2.12 bits per heavy atom. The molecule has 8 heavy (non-hydrogen) atoms. The highest BCUT2D eigenvalue weighted by Gasteiger charge is 1.81. The normalized spacial score (nSPS) is 5.88. The lowest BCUT2D eigenvalue weighted by Crippen LogP contribution is -1.91. The minimum Gasteiger partial charge on any atom is -0.466 e. The molecule has 0 aliphatic carbocycles. The zero-order valence-corrected chi connectivity index (χ0v) is 5.73. The fraction of sp³-hybridized carbons (Fsp3) is 0.400. The summed E-state index contributed by atoms with van der Waals surface area (Å²) in [7, 11) is 1.31. The van der Waals surface area contributed by atoms with Gasteiger partial charge in [-0.05, 0) is 0 Å². The van der Waals surface area contributed by atoms with Gasteiger partial charge in [-0.3, -0.25) is 0 Å². The van der Waals surface area contributed by atoms with Gasteiger partial charge in [0.05, 0.1) is 7.11 Å². The number of ether oxygens (including phenoxy) is 1. The van der Waals surface area contributed by atoms with Crippen molar-refractivity contribution in [1.29, 1.82) is 0 Å². The van der Waals surface area contributed by atoms with Crippen LogP contribution in [-0.4, -0.2) is 19.5 Å². The molecule has 0 aliphatic heterocycles. The number of carbonyl (C=O) groups excluding carboxylic acids is 1. The topological polar surface area (TPSA) is 26.3 Å². The summed E-state index contributed by atoms with van der Waals surface area (Å²) in [5.74, 6) is -0.394. The van der Waals surface area contributed by atoms with Gasteiger partial charge in [0.15, 0.2) is 0 Å². The van der Waals surface area contributed by atoms with Gasteiger partial charge >= 0.3 is 5.97 Å². The van der Waals surface area contributed by atoms with Crippen LogP contribution in [0.25, 0.3) is 0 Å². The van der Waals surface area contributed by atoms with E-state index >= 15 is 0 Å². The lowest BCUT2D eigenvalue weighted by atomic mass is 10.7. The van der Waals surface area contributed by atoms with Crippen LogP contribution >= 0.6 is 11.6 Å². The molecule has 0 aromatic carbocycles. The second kappa shape index (κ2) is 9.71. The SMILES string of the molecule is C=CC(=O)OC.CCl. The van der Waals surface area contributed by atoms with Gasteiger partial charge < -0.3 is 4.74 Å². The first-order valence-corrected chi connectivity index (χ1v) is 2.65. The molecular formula is C5H9ClO2. The van der Waals surface area contributed by atoms with Crippen LogP contribution in [0, 0.1) is 0 Å². The Kier molecular flexibility index (Phi) is 12.7. The molecule has 0 fully saturated rings. The third-order valence-corrected chi connectivity index (χ3v) is 0.368. The van der Waals surface area contributed by atoms with E-state index in [0.29, 0.717) is 0 Å². The highest BCUT2D eigenvalue weighted by Crippen LogP contribution is 1.67. The molecule has 0 aromatic heterocycles. The molecule has 0 heterocycles. The van der Waals surface area contributed by atoms with E-state index in [0.717, 1.165) is 6.08 Å². The smallest absolute Gasteiger partial charge is 0.329 e. The number of hydrogen-bond donors (Lipinski definition) is 0. The molecule has 0 amide bonds. The third kappa shape index (κ3) is 9.09. The average molecular weight is 137 g/mol. The first kappa shape index (κ1) is 10.5. The fourth-order valence-corrected chi connectivity index (χ4v) is 0.0833. The maximum absolute atomic E-state index is 9.84. The summed E-state index contributed by atoms with van der Waals surface area (Å²) in [6.07, 6.45) is 2.58. The molecule has 0 aromatic rings. The van der Waals surface area contributed by atoms with E-state index in [9.17, 15) is 4.79 Å². The Morgan fingerprint density at radius 1 is 1.75 bits per heavy atom. The summed E-state index contributed by atoms with van der Waals surface area (Å²) in [5, 5.41) is 0. The van der Waals surface area contributed by atoms with Crippen molar-refractivity contribution >= 4 is 17.6 Å². The molecule has 0 radical (unpaired) electrons. The summed E-state index contributed by atoms with van der Waals surface area (Å²) in [6.45, 7) is 3.16. The van der Waals surface area contributed by atoms with Crippen molar-refractivity contribution in [2.24, 2.45) is 0 Å². The molecular weight excluding hydrogens is 128 g/mol. The van der Waals surface area contributed by atoms with E-state index in [1.165, 1.54) is 13.5 Å². The first-order valence-electron chi connectivity index (χ1n) is 1.89. The predicted octanol–water partition coefficient (Wildman–Crippen LogP) is 1.20. The van der Waals surface area contributed by atoms with Gasteiger partial charge in [0.2, 0.25) is 0 Å². The molecule has 0 rings (SSSR count). The molecule has 48 valence electrons. The fourth-order valence-electron chi connectivity index (χ4n) is 0.0833. The van der Waals surface area contributed by atoms with Crippen molar-refractivity contribution in [2.45, 2.75) is 0 Å². The van der Waals surface area contributed by atoms with Gasteiger partial charge in [-0.1, -0.05) is 6.58 Å². The van der Waals surface area contributed by atoms with E-state index in [-0.39, 0.29) is 0 Å². The summed E-state index contributed by atoms with van der Waals surface area (Å²) >= 11 is 4.64. The Bertz CT molecular complexity index is 70.8. The van der Waals surface area contributed by atoms with Crippen LogP contribution < -0.4 is 0 Å². The summed E-state index contributed by atoms with van der Waals surface area (Å²) in [4.78, 5) is 9.84. The highest BCUT2D eigenvalue weighted by atomic mass is 35.5. The minimum atomic E-state index is -0.394. The van der Waals surface area contributed by atoms with Crippen molar-refractivity contribution in [3.63, 3.8) is 0 Å². The third-order valence-electron chi connectivity index (χ3n) is 0.368. The predicted molar refractivity (Wildman–Crippen MR) is 34.0 cm³/mol. The van der Waals surface area contributed by atoms with Gasteiger partial charge in [-0.25, -0.2) is 4.79 Å². The number of esters is 1. The molecule has 2 nitrogen and oxygen atoms in total. The number of alkyl halides is 1. The molecule has 0 saturated heterocycles. The minimum absolute atomic E-state index is 0.394. The van der Waals surface area contributed by atoms with E-state index in [4.69, 9.17) is 0 Å². The largest absolute Gasteiger partial charge is 0.466 e. The highest BCUT2D eigenvalue weighted by molar-refractivity contribution is 6.15. The van der Waals surface area contributed by atoms with E-state index in [2.05, 4.69) is 22.9 Å². The van der Waals surface area contributed by atoms with Crippen LogP contribution in [0.4, 0.5) is 0 Å². The Labute approximate surface area is 54.1 Å². The monoisotopic (exact) mass is 136 g/mol. The molecule has 0 bridgehead atoms. The van der Waals surface area contributed by atoms with Gasteiger partial charge in [0, 0.05) is 12.5 Å². The zero-order valence-electron chi connectivity index (χ0n) is 4.98. The zero-order chi connectivity index (χ0) is 6.99. The van der Waals surface area contributed by atoms with Crippen molar-refractivity contribution < 1.29 is 9.53 Å². The lowest BCUT2D eigenvalue weighted by Gasteiger charge is -1.83. The van der Waals surface area contributed by atoms with Crippen LogP contribution in [0.2, 0.25) is 0 Å².